The third-order valence-corrected chi connectivity index (χ3v) is 6.01. The maximum absolute atomic E-state index is 12.9. The van der Waals surface area contributed by atoms with E-state index in [2.05, 4.69) is 0 Å². The number of amides is 2. The fourth-order valence-corrected chi connectivity index (χ4v) is 4.64. The number of rotatable bonds is 8. The van der Waals surface area contributed by atoms with Gasteiger partial charge in [0.1, 0.15) is 10.9 Å². The van der Waals surface area contributed by atoms with Crippen LogP contribution in [0.1, 0.15) is 31.2 Å². The average molecular weight is 434 g/mol. The molecule has 10 heteroatoms. The van der Waals surface area contributed by atoms with E-state index in [1.54, 1.807) is 24.3 Å². The molecule has 2 N–H and O–H groups in total. The number of benzene rings is 1. The highest BCUT2D eigenvalue weighted by Crippen LogP contribution is 2.44. The Kier molecular flexibility index (Phi) is 6.33. The van der Waals surface area contributed by atoms with Crippen molar-refractivity contribution in [2.45, 2.75) is 25.7 Å². The van der Waals surface area contributed by atoms with Crippen molar-refractivity contribution < 1.29 is 29.4 Å². The van der Waals surface area contributed by atoms with E-state index < -0.39 is 24.4 Å². The molecule has 8 nitrogen and oxygen atoms in total. The van der Waals surface area contributed by atoms with Crippen LogP contribution in [0.5, 0.6) is 0 Å². The van der Waals surface area contributed by atoms with Gasteiger partial charge in [-0.3, -0.25) is 29.0 Å². The van der Waals surface area contributed by atoms with Crippen molar-refractivity contribution in [1.29, 1.82) is 0 Å². The smallest absolute Gasteiger partial charge is 0.323 e. The third kappa shape index (κ3) is 4.33. The van der Waals surface area contributed by atoms with Gasteiger partial charge in [0.2, 0.25) is 0 Å². The summed E-state index contributed by atoms with van der Waals surface area (Å²) in [5.74, 6) is -2.92. The molecule has 1 saturated heterocycles. The molecule has 1 aromatic carbocycles. The molecule has 0 spiro atoms. The van der Waals surface area contributed by atoms with Crippen LogP contribution in [0, 0.1) is 0 Å². The zero-order chi connectivity index (χ0) is 21.1. The van der Waals surface area contributed by atoms with Gasteiger partial charge in [0, 0.05) is 18.5 Å². The highest BCUT2D eigenvalue weighted by atomic mass is 32.2. The van der Waals surface area contributed by atoms with E-state index in [1.165, 1.54) is 4.90 Å². The summed E-state index contributed by atoms with van der Waals surface area (Å²) in [6.07, 6.45) is 1.83. The summed E-state index contributed by atoms with van der Waals surface area (Å²) in [5.41, 5.74) is 1.14. The number of thioether (sulfide) groups is 1. The Labute approximate surface area is 176 Å². The number of anilines is 1. The van der Waals surface area contributed by atoms with E-state index in [0.717, 1.165) is 16.7 Å². The van der Waals surface area contributed by atoms with Gasteiger partial charge in [0.25, 0.3) is 11.8 Å². The second-order valence-electron chi connectivity index (χ2n) is 6.54. The largest absolute Gasteiger partial charge is 0.481 e. The highest BCUT2D eigenvalue weighted by Gasteiger charge is 2.42. The number of para-hydroxylation sites is 1. The lowest BCUT2D eigenvalue weighted by Gasteiger charge is -2.14. The van der Waals surface area contributed by atoms with Gasteiger partial charge in [-0.1, -0.05) is 48.6 Å². The summed E-state index contributed by atoms with van der Waals surface area (Å²) in [6.45, 7) is -0.154. The van der Waals surface area contributed by atoms with E-state index >= 15 is 0 Å². The molecular formula is C19H18N2O6S2. The topological polar surface area (TPSA) is 115 Å². The van der Waals surface area contributed by atoms with Crippen molar-refractivity contribution >= 4 is 63.3 Å². The number of hydrogen-bond acceptors (Lipinski definition) is 6. The van der Waals surface area contributed by atoms with Gasteiger partial charge in [0.05, 0.1) is 16.2 Å². The Hall–Kier alpha value is -2.72. The van der Waals surface area contributed by atoms with Crippen LogP contribution in [-0.4, -0.2) is 56.3 Å². The van der Waals surface area contributed by atoms with Crippen molar-refractivity contribution in [3.05, 3.63) is 34.7 Å². The van der Waals surface area contributed by atoms with Crippen LogP contribution >= 0.6 is 24.0 Å². The predicted octanol–water partition coefficient (Wildman–Crippen LogP) is 2.33. The lowest BCUT2D eigenvalue weighted by Crippen LogP contribution is -2.33. The summed E-state index contributed by atoms with van der Waals surface area (Å²) in [4.78, 5) is 50.4. The molecule has 0 aliphatic carbocycles. The van der Waals surface area contributed by atoms with E-state index in [-0.39, 0.29) is 22.8 Å². The number of carboxylic acid groups (broad SMARTS) is 2. The third-order valence-electron chi connectivity index (χ3n) is 4.57. The number of carbonyl (C=O) groups excluding carboxylic acids is 2. The van der Waals surface area contributed by atoms with Crippen molar-refractivity contribution in [3.8, 4) is 0 Å². The standard InChI is InChI=1S/C19H18N2O6S2/c22-13(23)8-2-1-5-9-20-18(27)16(29-19(20)28)15-11-6-3-4-7-12(11)21(17(15)26)10-14(24)25/h3-4,6-7H,1-2,5,8-10H2,(H,22,23)(H,24,25). The zero-order valence-corrected chi connectivity index (χ0v) is 16.9. The van der Waals surface area contributed by atoms with Gasteiger partial charge in [-0.2, -0.15) is 0 Å². The molecular weight excluding hydrogens is 416 g/mol. The molecule has 2 amide bonds. The summed E-state index contributed by atoms with van der Waals surface area (Å²) in [5, 5.41) is 17.8. The molecule has 152 valence electrons. The van der Waals surface area contributed by atoms with Gasteiger partial charge in [-0.25, -0.2) is 0 Å². The van der Waals surface area contributed by atoms with Crippen molar-refractivity contribution in [1.82, 2.24) is 4.90 Å². The monoisotopic (exact) mass is 434 g/mol. The summed E-state index contributed by atoms with van der Waals surface area (Å²) >= 11 is 6.34. The average Bonchev–Trinajstić information content (AvgIpc) is 3.08. The van der Waals surface area contributed by atoms with Crippen molar-refractivity contribution in [2.75, 3.05) is 18.0 Å². The molecule has 0 unspecified atom stereocenters. The Morgan fingerprint density at radius 3 is 2.38 bits per heavy atom. The molecule has 1 aromatic rings. The first-order valence-corrected chi connectivity index (χ1v) is 10.2. The van der Waals surface area contributed by atoms with Crippen LogP contribution in [0.15, 0.2) is 29.2 Å². The number of fused-ring (bicyclic) bond motifs is 1. The van der Waals surface area contributed by atoms with E-state index in [1.807, 2.05) is 0 Å². The first-order chi connectivity index (χ1) is 13.8. The minimum atomic E-state index is -1.15. The van der Waals surface area contributed by atoms with Crippen LogP contribution in [0.25, 0.3) is 5.57 Å². The van der Waals surface area contributed by atoms with Crippen LogP contribution in [-0.2, 0) is 19.2 Å². The van der Waals surface area contributed by atoms with Crippen molar-refractivity contribution in [3.63, 3.8) is 0 Å². The van der Waals surface area contributed by atoms with Crippen LogP contribution < -0.4 is 4.90 Å². The van der Waals surface area contributed by atoms with Crippen LogP contribution in [0.2, 0.25) is 0 Å². The SMILES string of the molecule is O=C(O)CCCCCN1C(=O)C(=C2C(=O)N(CC(=O)O)c3ccccc32)SC1=S. The number of unbranched alkanes of at least 4 members (excludes halogenated alkanes) is 2. The van der Waals surface area contributed by atoms with Gasteiger partial charge in [0.15, 0.2) is 0 Å². The fourth-order valence-electron chi connectivity index (χ4n) is 3.26. The first kappa shape index (κ1) is 21.0. The Balaban J connectivity index is 1.83. The number of carbonyl (C=O) groups is 4. The van der Waals surface area contributed by atoms with E-state index in [4.69, 9.17) is 22.4 Å². The number of thiocarbonyl (C=S) groups is 1. The molecule has 2 aliphatic rings. The molecule has 0 radical (unpaired) electrons. The molecule has 2 aliphatic heterocycles. The lowest BCUT2D eigenvalue weighted by molar-refractivity contribution is -0.137. The van der Waals surface area contributed by atoms with Gasteiger partial charge < -0.3 is 10.2 Å². The zero-order valence-electron chi connectivity index (χ0n) is 15.3. The molecule has 29 heavy (non-hydrogen) atoms. The van der Waals surface area contributed by atoms with Crippen LogP contribution in [0.4, 0.5) is 5.69 Å². The minimum Gasteiger partial charge on any atom is -0.481 e. The highest BCUT2D eigenvalue weighted by molar-refractivity contribution is 8.26. The molecule has 3 rings (SSSR count). The van der Waals surface area contributed by atoms with Gasteiger partial charge in [-0.15, -0.1) is 0 Å². The minimum absolute atomic E-state index is 0.0765. The normalized spacial score (nSPS) is 18.6. The summed E-state index contributed by atoms with van der Waals surface area (Å²) < 4.78 is 0.331. The Bertz CT molecular complexity index is 942. The van der Waals surface area contributed by atoms with E-state index in [0.29, 0.717) is 41.4 Å². The number of carboxylic acids is 2. The second-order valence-corrected chi connectivity index (χ2v) is 8.18. The molecule has 0 bridgehead atoms. The maximum atomic E-state index is 12.9. The molecule has 0 atom stereocenters. The fraction of sp³-hybridized carbons (Fsp3) is 0.316. The van der Waals surface area contributed by atoms with Crippen LogP contribution in [0.3, 0.4) is 0 Å². The van der Waals surface area contributed by atoms with E-state index in [9.17, 15) is 19.2 Å². The predicted molar refractivity (Wildman–Crippen MR) is 111 cm³/mol. The number of nitrogens with zero attached hydrogens (tertiary/aromatic N) is 2. The Morgan fingerprint density at radius 1 is 0.966 bits per heavy atom. The number of aliphatic carboxylic acids is 2. The molecule has 0 saturated carbocycles. The second kappa shape index (κ2) is 8.75. The summed E-state index contributed by atoms with van der Waals surface area (Å²) in [7, 11) is 0. The maximum Gasteiger partial charge on any atom is 0.323 e. The lowest BCUT2D eigenvalue weighted by atomic mass is 10.1. The number of hydrogen-bond donors (Lipinski definition) is 2. The molecule has 2 heterocycles. The molecule has 1 fully saturated rings. The summed E-state index contributed by atoms with van der Waals surface area (Å²) in [6, 6.07) is 6.75. The first-order valence-electron chi connectivity index (χ1n) is 8.94. The quantitative estimate of drug-likeness (QED) is 0.364. The van der Waals surface area contributed by atoms with Gasteiger partial charge in [-0.05, 0) is 18.9 Å². The molecule has 0 aromatic heterocycles. The Morgan fingerprint density at radius 2 is 1.69 bits per heavy atom. The van der Waals surface area contributed by atoms with Crippen molar-refractivity contribution in [2.24, 2.45) is 0 Å². The van der Waals surface area contributed by atoms with Gasteiger partial charge >= 0.3 is 11.9 Å².